The van der Waals surface area contributed by atoms with Crippen LogP contribution in [-0.4, -0.2) is 71.4 Å². The first-order valence-electron chi connectivity index (χ1n) is 7.83. The summed E-state index contributed by atoms with van der Waals surface area (Å²) in [5, 5.41) is 3.05. The van der Waals surface area contributed by atoms with Crippen molar-refractivity contribution in [3.05, 3.63) is 71.3 Å². The first kappa shape index (κ1) is 21.3. The van der Waals surface area contributed by atoms with Gasteiger partial charge < -0.3 is 0 Å². The number of carbonyl (C=O) groups is 2. The van der Waals surface area contributed by atoms with Gasteiger partial charge in [-0.1, -0.05) is 0 Å². The van der Waals surface area contributed by atoms with E-state index in [4.69, 9.17) is 9.47 Å². The molecule has 0 radical (unpaired) electrons. The average molecular weight is 595 g/mol. The maximum atomic E-state index is 12.9. The Morgan fingerprint density at radius 3 is 1.37 bits per heavy atom. The monoisotopic (exact) mass is 598 g/mol. The SMILES string of the molecule is COC(=O)C1=C(C(=O)OC)[P+]([Se-])(c2ccccc2)[Se][P+]1([Se-])c1ccccc1. The zero-order valence-corrected chi connectivity index (χ0v) is 21.5. The van der Waals surface area contributed by atoms with Gasteiger partial charge in [-0.05, 0) is 0 Å². The molecule has 27 heavy (non-hydrogen) atoms. The predicted molar refractivity (Wildman–Crippen MR) is 114 cm³/mol. The van der Waals surface area contributed by atoms with Crippen LogP contribution in [0.15, 0.2) is 71.3 Å². The third kappa shape index (κ3) is 3.74. The molecule has 3 rings (SSSR count). The van der Waals surface area contributed by atoms with Crippen molar-refractivity contribution >= 4 is 77.0 Å². The van der Waals surface area contributed by atoms with Gasteiger partial charge in [0.1, 0.15) is 0 Å². The van der Waals surface area contributed by atoms with Crippen LogP contribution in [0.5, 0.6) is 0 Å². The zero-order chi connectivity index (χ0) is 19.7. The van der Waals surface area contributed by atoms with Gasteiger partial charge in [0.05, 0.1) is 0 Å². The van der Waals surface area contributed by atoms with Crippen molar-refractivity contribution in [2.75, 3.05) is 14.2 Å². The van der Waals surface area contributed by atoms with Gasteiger partial charge in [-0.15, -0.1) is 0 Å². The number of benzene rings is 2. The normalized spacial score (nSPS) is 24.6. The minimum absolute atomic E-state index is 0.0737. The number of esters is 2. The average Bonchev–Trinajstić information content (AvgIpc) is 2.97. The van der Waals surface area contributed by atoms with Crippen LogP contribution < -0.4 is 10.6 Å². The molecule has 1 aliphatic heterocycles. The summed E-state index contributed by atoms with van der Waals surface area (Å²) >= 11 is 6.62. The standard InChI is InChI=1S/C18H16O4P2Se3/c1-21-17(19)15-16(18(20)22-2)24(26,14-11-7-4-8-12-14)27-23(15,25)13-9-5-3-6-10-13/h3-12H,1-2H3. The second-order valence-corrected chi connectivity index (χ2v) is 34.2. The number of hydrogen-bond donors (Lipinski definition) is 0. The van der Waals surface area contributed by atoms with E-state index in [0.29, 0.717) is 10.6 Å². The van der Waals surface area contributed by atoms with Crippen molar-refractivity contribution in [3.63, 3.8) is 0 Å². The number of ether oxygens (including phenoxy) is 2. The van der Waals surface area contributed by atoms with Gasteiger partial charge in [-0.2, -0.15) is 0 Å². The maximum absolute atomic E-state index is 12.9. The van der Waals surface area contributed by atoms with E-state index in [1.807, 2.05) is 60.7 Å². The number of hydrogen-bond acceptors (Lipinski definition) is 4. The van der Waals surface area contributed by atoms with E-state index < -0.39 is 21.2 Å². The third-order valence-corrected chi connectivity index (χ3v) is 41.6. The molecule has 2 aromatic rings. The Morgan fingerprint density at radius 1 is 0.741 bits per heavy atom. The molecule has 0 saturated carbocycles. The summed E-state index contributed by atoms with van der Waals surface area (Å²) in [5.41, 5.74) is 0. The first-order chi connectivity index (χ1) is 12.9. The molecule has 0 N–H and O–H groups in total. The van der Waals surface area contributed by atoms with Crippen LogP contribution in [0.1, 0.15) is 0 Å². The molecule has 0 fully saturated rings. The summed E-state index contributed by atoms with van der Waals surface area (Å²) < 4.78 is 5.83. The Bertz CT molecular complexity index is 834. The van der Waals surface area contributed by atoms with Crippen LogP contribution in [0.2, 0.25) is 0 Å². The van der Waals surface area contributed by atoms with Crippen molar-refractivity contribution < 1.29 is 19.1 Å². The molecule has 9 heteroatoms. The molecular weight excluding hydrogens is 579 g/mol. The van der Waals surface area contributed by atoms with Crippen molar-refractivity contribution in [2.45, 2.75) is 0 Å². The molecule has 2 aromatic carbocycles. The summed E-state index contributed by atoms with van der Waals surface area (Å²) in [5.74, 6) is -0.914. The molecule has 4 nitrogen and oxygen atoms in total. The fourth-order valence-electron chi connectivity index (χ4n) is 2.75. The van der Waals surface area contributed by atoms with Gasteiger partial charge >= 0.3 is 182 Å². The van der Waals surface area contributed by atoms with Gasteiger partial charge in [0.15, 0.2) is 0 Å². The number of carbonyl (C=O) groups excluding carboxylic acids is 2. The van der Waals surface area contributed by atoms with Gasteiger partial charge in [-0.3, -0.25) is 0 Å². The van der Waals surface area contributed by atoms with Crippen LogP contribution in [0.3, 0.4) is 0 Å². The summed E-state index contributed by atoms with van der Waals surface area (Å²) in [6, 6.07) is 19.8. The van der Waals surface area contributed by atoms with Crippen LogP contribution in [-0.2, 0) is 19.1 Å². The molecule has 140 valence electrons. The summed E-state index contributed by atoms with van der Waals surface area (Å²) in [6.45, 7) is 0. The third-order valence-electron chi connectivity index (χ3n) is 3.99. The first-order valence-corrected chi connectivity index (χ1v) is 20.3. The molecule has 2 atom stereocenters. The summed E-state index contributed by atoms with van der Waals surface area (Å²) in [6.07, 6.45) is 0. The van der Waals surface area contributed by atoms with Crippen LogP contribution >= 0.6 is 9.28 Å². The molecule has 0 bridgehead atoms. The van der Waals surface area contributed by atoms with E-state index in [2.05, 4.69) is 31.1 Å². The van der Waals surface area contributed by atoms with Gasteiger partial charge in [0.2, 0.25) is 0 Å². The molecule has 0 spiro atoms. The van der Waals surface area contributed by atoms with Crippen molar-refractivity contribution in [2.24, 2.45) is 0 Å². The summed E-state index contributed by atoms with van der Waals surface area (Å²) in [7, 11) is 2.71. The molecule has 0 aliphatic carbocycles. The molecule has 0 aromatic heterocycles. The van der Waals surface area contributed by atoms with Gasteiger partial charge in [-0.25, -0.2) is 0 Å². The van der Waals surface area contributed by atoms with E-state index in [1.54, 1.807) is 0 Å². The second-order valence-electron chi connectivity index (χ2n) is 5.54. The Kier molecular flexibility index (Phi) is 6.69. The van der Waals surface area contributed by atoms with Crippen molar-refractivity contribution in [1.29, 1.82) is 0 Å². The Hall–Kier alpha value is -0.462. The fourth-order valence-corrected chi connectivity index (χ4v) is 60.9. The van der Waals surface area contributed by atoms with Crippen LogP contribution in [0.4, 0.5) is 0 Å². The fraction of sp³-hybridized carbons (Fsp3) is 0.111. The van der Waals surface area contributed by atoms with E-state index in [0.717, 1.165) is 10.6 Å². The predicted octanol–water partition coefficient (Wildman–Crippen LogP) is 1.94. The van der Waals surface area contributed by atoms with Crippen LogP contribution in [0.25, 0.3) is 0 Å². The Balaban J connectivity index is 2.34. The molecule has 2 unspecified atom stereocenters. The van der Waals surface area contributed by atoms with E-state index in [1.165, 1.54) is 14.2 Å². The number of rotatable bonds is 4. The molecular formula is C18H16O4P2Se3. The van der Waals surface area contributed by atoms with E-state index in [-0.39, 0.29) is 14.1 Å². The molecule has 0 amide bonds. The van der Waals surface area contributed by atoms with E-state index >= 15 is 0 Å². The minimum atomic E-state index is -2.21. The quantitative estimate of drug-likeness (QED) is 0.309. The molecule has 0 saturated heterocycles. The second kappa shape index (κ2) is 8.50. The van der Waals surface area contributed by atoms with Crippen molar-refractivity contribution in [1.82, 2.24) is 0 Å². The topological polar surface area (TPSA) is 52.6 Å². The van der Waals surface area contributed by atoms with Crippen LogP contribution in [0, 0.1) is 0 Å². The van der Waals surface area contributed by atoms with Crippen molar-refractivity contribution in [3.8, 4) is 0 Å². The van der Waals surface area contributed by atoms with Gasteiger partial charge in [0, 0.05) is 0 Å². The van der Waals surface area contributed by atoms with Gasteiger partial charge in [0.25, 0.3) is 0 Å². The zero-order valence-electron chi connectivity index (χ0n) is 14.5. The summed E-state index contributed by atoms with van der Waals surface area (Å²) in [4.78, 5) is 25.8. The number of methoxy groups -OCH3 is 2. The molecule has 1 aliphatic rings. The molecule has 1 heterocycles. The van der Waals surface area contributed by atoms with E-state index in [9.17, 15) is 9.59 Å². The Morgan fingerprint density at radius 2 is 1.07 bits per heavy atom. The Labute approximate surface area is 180 Å².